The molecule has 8 heteroatoms. The standard InChI is InChI=1S/C17H11F3N2O2S/c18-17(19,20)12-2-1-3-13(10-12)22-15(23)11-4-6-14(7-5-11)24-16-21-8-9-25-16/h1-10H,(H,22,23). The van der Waals surface area contributed by atoms with Crippen molar-refractivity contribution in [3.8, 4) is 10.9 Å². The maximum Gasteiger partial charge on any atom is 0.416 e. The van der Waals surface area contributed by atoms with Gasteiger partial charge in [0.05, 0.1) is 5.56 Å². The van der Waals surface area contributed by atoms with Crippen LogP contribution in [-0.4, -0.2) is 10.9 Å². The van der Waals surface area contributed by atoms with E-state index in [-0.39, 0.29) is 5.69 Å². The molecular formula is C17H11F3N2O2S. The Bertz CT molecular complexity index is 862. The van der Waals surface area contributed by atoms with Gasteiger partial charge in [0, 0.05) is 22.8 Å². The van der Waals surface area contributed by atoms with Crippen molar-refractivity contribution in [1.82, 2.24) is 4.98 Å². The molecule has 1 aromatic heterocycles. The Hall–Kier alpha value is -2.87. The predicted molar refractivity (Wildman–Crippen MR) is 88.0 cm³/mol. The summed E-state index contributed by atoms with van der Waals surface area (Å²) in [6.07, 6.45) is -2.85. The van der Waals surface area contributed by atoms with Crippen LogP contribution in [0.4, 0.5) is 18.9 Å². The van der Waals surface area contributed by atoms with Gasteiger partial charge in [-0.3, -0.25) is 4.79 Å². The number of carbonyl (C=O) groups is 1. The lowest BCUT2D eigenvalue weighted by atomic mass is 10.1. The van der Waals surface area contributed by atoms with Crippen LogP contribution in [0, 0.1) is 0 Å². The number of amides is 1. The molecule has 3 rings (SSSR count). The molecule has 0 aliphatic carbocycles. The normalized spacial score (nSPS) is 11.2. The van der Waals surface area contributed by atoms with Crippen molar-refractivity contribution in [2.45, 2.75) is 6.18 Å². The van der Waals surface area contributed by atoms with Crippen LogP contribution < -0.4 is 10.1 Å². The highest BCUT2D eigenvalue weighted by Gasteiger charge is 2.30. The van der Waals surface area contributed by atoms with Gasteiger partial charge in [-0.25, -0.2) is 4.98 Å². The molecule has 0 fully saturated rings. The molecule has 0 saturated heterocycles. The van der Waals surface area contributed by atoms with Gasteiger partial charge in [-0.05, 0) is 42.5 Å². The molecule has 1 amide bonds. The second-order valence-electron chi connectivity index (χ2n) is 4.96. The summed E-state index contributed by atoms with van der Waals surface area (Å²) in [4.78, 5) is 16.1. The Morgan fingerprint density at radius 1 is 1.12 bits per heavy atom. The highest BCUT2D eigenvalue weighted by molar-refractivity contribution is 7.11. The first-order chi connectivity index (χ1) is 11.9. The zero-order chi connectivity index (χ0) is 17.9. The maximum atomic E-state index is 12.7. The van der Waals surface area contributed by atoms with E-state index >= 15 is 0 Å². The van der Waals surface area contributed by atoms with Gasteiger partial charge in [-0.15, -0.1) is 0 Å². The number of hydrogen-bond acceptors (Lipinski definition) is 4. The number of alkyl halides is 3. The van der Waals surface area contributed by atoms with Gasteiger partial charge in [0.15, 0.2) is 0 Å². The van der Waals surface area contributed by atoms with E-state index in [1.807, 2.05) is 0 Å². The van der Waals surface area contributed by atoms with Gasteiger partial charge in [0.25, 0.3) is 11.1 Å². The van der Waals surface area contributed by atoms with Gasteiger partial charge in [0.1, 0.15) is 5.75 Å². The van der Waals surface area contributed by atoms with Crippen molar-refractivity contribution in [1.29, 1.82) is 0 Å². The number of ether oxygens (including phenoxy) is 1. The zero-order valence-corrected chi connectivity index (χ0v) is 13.4. The number of hydrogen-bond donors (Lipinski definition) is 1. The van der Waals surface area contributed by atoms with Crippen molar-refractivity contribution in [3.05, 3.63) is 71.2 Å². The SMILES string of the molecule is O=C(Nc1cccc(C(F)(F)F)c1)c1ccc(Oc2nccs2)cc1. The average Bonchev–Trinajstić information content (AvgIpc) is 3.08. The molecule has 1 N–H and O–H groups in total. The predicted octanol–water partition coefficient (Wildman–Crippen LogP) is 5.21. The van der Waals surface area contributed by atoms with Crippen LogP contribution in [0.3, 0.4) is 0 Å². The number of halogens is 3. The van der Waals surface area contributed by atoms with Crippen LogP contribution in [0.15, 0.2) is 60.1 Å². The Morgan fingerprint density at radius 2 is 1.88 bits per heavy atom. The van der Waals surface area contributed by atoms with Crippen LogP contribution in [0.2, 0.25) is 0 Å². The fourth-order valence-electron chi connectivity index (χ4n) is 2.01. The van der Waals surface area contributed by atoms with Crippen LogP contribution in [0.1, 0.15) is 15.9 Å². The quantitative estimate of drug-likeness (QED) is 0.692. The number of rotatable bonds is 4. The Labute approximate surface area is 144 Å². The molecule has 4 nitrogen and oxygen atoms in total. The molecule has 0 spiro atoms. The van der Waals surface area contributed by atoms with Crippen molar-refractivity contribution >= 4 is 22.9 Å². The summed E-state index contributed by atoms with van der Waals surface area (Å²) in [5.41, 5.74) is -0.454. The smallest absolute Gasteiger partial charge is 0.416 e. The van der Waals surface area contributed by atoms with Crippen LogP contribution in [-0.2, 0) is 6.18 Å². The molecule has 0 unspecified atom stereocenters. The van der Waals surface area contributed by atoms with E-state index in [1.54, 1.807) is 23.7 Å². The molecule has 25 heavy (non-hydrogen) atoms. The monoisotopic (exact) mass is 364 g/mol. The minimum absolute atomic E-state index is 0.0722. The van der Waals surface area contributed by atoms with Gasteiger partial charge in [-0.1, -0.05) is 17.4 Å². The Kier molecular flexibility index (Phi) is 4.71. The number of carbonyl (C=O) groups excluding carboxylic acids is 1. The molecule has 0 radical (unpaired) electrons. The maximum absolute atomic E-state index is 12.7. The molecule has 0 atom stereocenters. The van der Waals surface area contributed by atoms with Crippen LogP contribution in [0.5, 0.6) is 10.9 Å². The van der Waals surface area contributed by atoms with Gasteiger partial charge in [0.2, 0.25) is 0 Å². The number of thiazole rings is 1. The lowest BCUT2D eigenvalue weighted by Gasteiger charge is -2.10. The molecule has 128 valence electrons. The van der Waals surface area contributed by atoms with E-state index in [0.717, 1.165) is 12.1 Å². The molecular weight excluding hydrogens is 353 g/mol. The first kappa shape index (κ1) is 17.0. The summed E-state index contributed by atoms with van der Waals surface area (Å²) < 4.78 is 43.6. The Balaban J connectivity index is 1.69. The third-order valence-corrected chi connectivity index (χ3v) is 3.83. The molecule has 2 aromatic carbocycles. The van der Waals surface area contributed by atoms with E-state index in [1.165, 1.54) is 35.6 Å². The summed E-state index contributed by atoms with van der Waals surface area (Å²) >= 11 is 1.33. The fraction of sp³-hybridized carbons (Fsp3) is 0.0588. The van der Waals surface area contributed by atoms with Crippen molar-refractivity contribution in [2.24, 2.45) is 0 Å². The number of nitrogens with zero attached hydrogens (tertiary/aromatic N) is 1. The largest absolute Gasteiger partial charge is 0.431 e. The van der Waals surface area contributed by atoms with Gasteiger partial charge < -0.3 is 10.1 Å². The first-order valence-corrected chi connectivity index (χ1v) is 7.96. The highest BCUT2D eigenvalue weighted by Crippen LogP contribution is 2.31. The summed E-state index contributed by atoms with van der Waals surface area (Å²) in [5.74, 6) is -0.00862. The van der Waals surface area contributed by atoms with E-state index in [4.69, 9.17) is 4.74 Å². The minimum atomic E-state index is -4.46. The average molecular weight is 364 g/mol. The summed E-state index contributed by atoms with van der Waals surface area (Å²) in [6, 6.07) is 10.7. The van der Waals surface area contributed by atoms with Gasteiger partial charge >= 0.3 is 6.18 Å². The van der Waals surface area contributed by atoms with E-state index in [9.17, 15) is 18.0 Å². The summed E-state index contributed by atoms with van der Waals surface area (Å²) in [6.45, 7) is 0. The lowest BCUT2D eigenvalue weighted by Crippen LogP contribution is -2.13. The third kappa shape index (κ3) is 4.36. The third-order valence-electron chi connectivity index (χ3n) is 3.18. The highest BCUT2D eigenvalue weighted by atomic mass is 32.1. The van der Waals surface area contributed by atoms with Crippen LogP contribution in [0.25, 0.3) is 0 Å². The van der Waals surface area contributed by atoms with E-state index < -0.39 is 17.6 Å². The first-order valence-electron chi connectivity index (χ1n) is 7.08. The molecule has 0 aliphatic rings. The van der Waals surface area contributed by atoms with E-state index in [0.29, 0.717) is 16.5 Å². The van der Waals surface area contributed by atoms with Crippen molar-refractivity contribution < 1.29 is 22.7 Å². The zero-order valence-electron chi connectivity index (χ0n) is 12.6. The molecule has 0 saturated carbocycles. The van der Waals surface area contributed by atoms with Crippen LogP contribution >= 0.6 is 11.3 Å². The van der Waals surface area contributed by atoms with Gasteiger partial charge in [-0.2, -0.15) is 13.2 Å². The fourth-order valence-corrected chi connectivity index (χ4v) is 2.52. The number of nitrogens with one attached hydrogen (secondary N) is 1. The second-order valence-corrected chi connectivity index (χ2v) is 5.81. The van der Waals surface area contributed by atoms with E-state index in [2.05, 4.69) is 10.3 Å². The number of anilines is 1. The molecule has 0 bridgehead atoms. The molecule has 3 aromatic rings. The summed E-state index contributed by atoms with van der Waals surface area (Å²) in [5, 5.41) is 4.69. The second kappa shape index (κ2) is 6.94. The van der Waals surface area contributed by atoms with Crippen molar-refractivity contribution in [3.63, 3.8) is 0 Å². The molecule has 1 heterocycles. The number of benzene rings is 2. The molecule has 0 aliphatic heterocycles. The lowest BCUT2D eigenvalue weighted by molar-refractivity contribution is -0.137. The van der Waals surface area contributed by atoms with Crippen molar-refractivity contribution in [2.75, 3.05) is 5.32 Å². The topological polar surface area (TPSA) is 51.2 Å². The number of aromatic nitrogens is 1. The summed E-state index contributed by atoms with van der Waals surface area (Å²) in [7, 11) is 0. The minimum Gasteiger partial charge on any atom is -0.431 e. The Morgan fingerprint density at radius 3 is 2.52 bits per heavy atom.